The molecule has 0 spiro atoms. The van der Waals surface area contributed by atoms with Gasteiger partial charge in [-0.1, -0.05) is 0 Å². The van der Waals surface area contributed by atoms with E-state index in [2.05, 4.69) is 30.9 Å². The number of rotatable bonds is 9. The lowest BCUT2D eigenvalue weighted by molar-refractivity contribution is 0.0404. The van der Waals surface area contributed by atoms with Gasteiger partial charge in [0.05, 0.1) is 17.1 Å². The number of pyridine rings is 3. The fourth-order valence-corrected chi connectivity index (χ4v) is 2.91. The summed E-state index contributed by atoms with van der Waals surface area (Å²) < 4.78 is 15.1. The Labute approximate surface area is 223 Å². The van der Waals surface area contributed by atoms with Crippen LogP contribution in [-0.2, 0) is 14.0 Å². The van der Waals surface area contributed by atoms with Crippen molar-refractivity contribution in [3.63, 3.8) is 0 Å². The predicted octanol–water partition coefficient (Wildman–Crippen LogP) is 0.199. The van der Waals surface area contributed by atoms with Crippen molar-refractivity contribution >= 4 is 60.4 Å². The van der Waals surface area contributed by atoms with E-state index in [1.54, 1.807) is 0 Å². The molecule has 0 saturated heterocycles. The molecule has 6 amide bonds. The number of nitrogens with one attached hydrogen (secondary N) is 3. The Morgan fingerprint density at radius 1 is 0.550 bits per heavy atom. The highest BCUT2D eigenvalue weighted by atomic mass is 16.8. The van der Waals surface area contributed by atoms with Crippen LogP contribution in [0.25, 0.3) is 0 Å². The van der Waals surface area contributed by atoms with Crippen LogP contribution in [-0.4, -0.2) is 58.3 Å². The van der Waals surface area contributed by atoms with E-state index < -0.39 is 60.4 Å². The molecule has 9 N–H and O–H groups in total. The number of primary amides is 3. The summed E-state index contributed by atoms with van der Waals surface area (Å²) in [6.45, 7) is 0. The van der Waals surface area contributed by atoms with Crippen LogP contribution in [0.2, 0.25) is 0 Å². The van der Waals surface area contributed by atoms with Crippen LogP contribution in [0.15, 0.2) is 55.0 Å². The highest BCUT2D eigenvalue weighted by Crippen LogP contribution is 2.19. The zero-order chi connectivity index (χ0) is 29.2. The van der Waals surface area contributed by atoms with Crippen LogP contribution >= 0.6 is 0 Å². The minimum atomic E-state index is -2.43. The first-order valence-corrected chi connectivity index (χ1v) is 10.7. The Morgan fingerprint density at radius 3 is 1.07 bits per heavy atom. The number of carbonyl (C=O) groups is 6. The van der Waals surface area contributed by atoms with Crippen LogP contribution < -0.4 is 33.2 Å². The van der Waals surface area contributed by atoms with E-state index in [0.29, 0.717) is 0 Å². The average Bonchev–Trinajstić information content (AvgIpc) is 2.88. The maximum absolute atomic E-state index is 12.9. The minimum Gasteiger partial charge on any atom is -0.457 e. The number of hydrogen-bond acceptors (Lipinski definition) is 12. The SMILES string of the molecule is NC(=O)Nc1cccnc1C(=O)OB(OC(=O)c1ncccc1NC(N)=O)OC(=O)c1ncccc1NC(N)=O. The molecule has 0 aliphatic carbocycles. The zero-order valence-corrected chi connectivity index (χ0v) is 20.0. The molecule has 0 aromatic carbocycles. The molecule has 3 heterocycles. The fraction of sp³-hybridized carbons (Fsp3) is 0. The summed E-state index contributed by atoms with van der Waals surface area (Å²) in [5.74, 6) is -4.03. The Balaban J connectivity index is 1.93. The van der Waals surface area contributed by atoms with Gasteiger partial charge in [0.15, 0.2) is 17.1 Å². The molecule has 3 aromatic rings. The molecular formula is C21H18BN9O9. The Hall–Kier alpha value is -6.27. The van der Waals surface area contributed by atoms with E-state index in [1.165, 1.54) is 55.0 Å². The van der Waals surface area contributed by atoms with Crippen LogP contribution in [0.5, 0.6) is 0 Å². The van der Waals surface area contributed by atoms with E-state index >= 15 is 0 Å². The molecule has 0 fully saturated rings. The standard InChI is InChI=1S/C21H18BN9O9/c23-19(35)29-10-4-1-7-26-13(10)16(32)38-22(39-17(33)14-11(30-20(24)36)5-2-8-27-14)40-18(34)15-12(31-21(25)37)6-3-9-28-15/h1-9H,(H3,23,29,35)(H3,24,30,36)(H3,25,31,37). The summed E-state index contributed by atoms with van der Waals surface area (Å²) in [5.41, 5.74) is 13.2. The number of carbonyl (C=O) groups excluding carboxylic acids is 6. The molecule has 204 valence electrons. The van der Waals surface area contributed by atoms with E-state index in [9.17, 15) is 28.8 Å². The van der Waals surface area contributed by atoms with E-state index in [-0.39, 0.29) is 17.1 Å². The predicted molar refractivity (Wildman–Crippen MR) is 134 cm³/mol. The smallest absolute Gasteiger partial charge is 0.457 e. The van der Waals surface area contributed by atoms with Gasteiger partial charge in [0.2, 0.25) is 0 Å². The normalized spacial score (nSPS) is 9.90. The number of aromatic nitrogens is 3. The van der Waals surface area contributed by atoms with Gasteiger partial charge in [-0.25, -0.2) is 43.7 Å². The van der Waals surface area contributed by atoms with Crippen molar-refractivity contribution in [2.75, 3.05) is 16.0 Å². The van der Waals surface area contributed by atoms with Gasteiger partial charge in [-0.3, -0.25) is 0 Å². The third-order valence-corrected chi connectivity index (χ3v) is 4.39. The number of nitrogens with two attached hydrogens (primary N) is 3. The number of hydrogen-bond donors (Lipinski definition) is 6. The quantitative estimate of drug-likeness (QED) is 0.194. The first-order valence-electron chi connectivity index (χ1n) is 10.7. The minimum absolute atomic E-state index is 0.188. The number of anilines is 3. The largest absolute Gasteiger partial charge is 0.870 e. The lowest BCUT2D eigenvalue weighted by Gasteiger charge is -2.16. The third kappa shape index (κ3) is 7.62. The number of amides is 6. The van der Waals surface area contributed by atoms with Gasteiger partial charge >= 0.3 is 43.3 Å². The topological polar surface area (TPSA) is 283 Å². The van der Waals surface area contributed by atoms with Crippen molar-refractivity contribution in [2.45, 2.75) is 0 Å². The lowest BCUT2D eigenvalue weighted by Crippen LogP contribution is -2.36. The second kappa shape index (κ2) is 12.8. The lowest BCUT2D eigenvalue weighted by atomic mass is 10.2. The van der Waals surface area contributed by atoms with Gasteiger partial charge in [0, 0.05) is 18.6 Å². The second-order valence-corrected chi connectivity index (χ2v) is 7.17. The summed E-state index contributed by atoms with van der Waals surface area (Å²) in [4.78, 5) is 83.8. The Morgan fingerprint density at radius 2 is 0.825 bits per heavy atom. The Kier molecular flexibility index (Phi) is 9.06. The van der Waals surface area contributed by atoms with Crippen molar-refractivity contribution in [2.24, 2.45) is 17.2 Å². The third-order valence-electron chi connectivity index (χ3n) is 4.39. The summed E-state index contributed by atoms with van der Waals surface area (Å²) in [5, 5.41) is 6.44. The molecule has 0 bridgehead atoms. The molecule has 40 heavy (non-hydrogen) atoms. The molecule has 0 radical (unpaired) electrons. The Bertz CT molecular complexity index is 1310. The summed E-state index contributed by atoms with van der Waals surface area (Å²) in [6, 6.07) is 4.75. The van der Waals surface area contributed by atoms with Gasteiger partial charge in [-0.2, -0.15) is 0 Å². The maximum Gasteiger partial charge on any atom is 0.870 e. The highest BCUT2D eigenvalue weighted by Gasteiger charge is 2.40. The van der Waals surface area contributed by atoms with Gasteiger partial charge in [-0.15, -0.1) is 0 Å². The van der Waals surface area contributed by atoms with E-state index in [0.717, 1.165) is 0 Å². The van der Waals surface area contributed by atoms with Crippen molar-refractivity contribution < 1.29 is 42.7 Å². The fourth-order valence-electron chi connectivity index (χ4n) is 2.91. The van der Waals surface area contributed by atoms with E-state index in [1.807, 2.05) is 0 Å². The first kappa shape index (κ1) is 28.3. The van der Waals surface area contributed by atoms with Crippen molar-refractivity contribution in [3.05, 3.63) is 72.1 Å². The van der Waals surface area contributed by atoms with Crippen molar-refractivity contribution in [1.82, 2.24) is 15.0 Å². The van der Waals surface area contributed by atoms with Crippen LogP contribution in [0.4, 0.5) is 31.4 Å². The molecule has 0 unspecified atom stereocenters. The maximum atomic E-state index is 12.9. The van der Waals surface area contributed by atoms with Crippen LogP contribution in [0.3, 0.4) is 0 Å². The second-order valence-electron chi connectivity index (χ2n) is 7.17. The monoisotopic (exact) mass is 551 g/mol. The van der Waals surface area contributed by atoms with Gasteiger partial charge in [0.25, 0.3) is 0 Å². The van der Waals surface area contributed by atoms with Gasteiger partial charge < -0.3 is 47.1 Å². The number of nitrogens with zero attached hydrogens (tertiary/aromatic N) is 3. The molecule has 0 atom stereocenters. The van der Waals surface area contributed by atoms with Crippen molar-refractivity contribution in [1.29, 1.82) is 0 Å². The molecule has 18 nitrogen and oxygen atoms in total. The van der Waals surface area contributed by atoms with Gasteiger partial charge in [-0.05, 0) is 36.4 Å². The zero-order valence-electron chi connectivity index (χ0n) is 20.0. The van der Waals surface area contributed by atoms with E-state index in [4.69, 9.17) is 31.2 Å². The molecule has 0 saturated carbocycles. The van der Waals surface area contributed by atoms with Crippen LogP contribution in [0.1, 0.15) is 31.5 Å². The summed E-state index contributed by atoms with van der Waals surface area (Å²) in [6.07, 6.45) is 3.50. The van der Waals surface area contributed by atoms with Crippen LogP contribution in [0, 0.1) is 0 Å². The molecular weight excluding hydrogens is 533 g/mol. The molecule has 0 aliphatic heterocycles. The molecule has 19 heteroatoms. The first-order chi connectivity index (χ1) is 19.0. The molecule has 0 aliphatic rings. The average molecular weight is 551 g/mol. The molecule has 3 aromatic heterocycles. The molecule has 3 rings (SSSR count). The van der Waals surface area contributed by atoms with Crippen molar-refractivity contribution in [3.8, 4) is 0 Å². The number of urea groups is 3. The van der Waals surface area contributed by atoms with Gasteiger partial charge in [0.1, 0.15) is 0 Å². The highest BCUT2D eigenvalue weighted by molar-refractivity contribution is 6.46. The summed E-state index contributed by atoms with van der Waals surface area (Å²) in [7, 11) is -2.43. The summed E-state index contributed by atoms with van der Waals surface area (Å²) >= 11 is 0.